The van der Waals surface area contributed by atoms with E-state index >= 15 is 0 Å². The topological polar surface area (TPSA) is 82.1 Å². The Kier molecular flexibility index (Phi) is 6.13. The molecule has 4 N–H and O–H groups in total. The van der Waals surface area contributed by atoms with Crippen LogP contribution in [0, 0.1) is 23.3 Å². The molecule has 0 aliphatic heterocycles. The SMILES string of the molecule is C[C@@H](CO)Nc1nc(NNc2c(F)c(F)cc(F)c2F)cc(-c2ccccc2)n1. The van der Waals surface area contributed by atoms with E-state index in [4.69, 9.17) is 0 Å². The molecule has 0 aliphatic carbocycles. The average molecular weight is 407 g/mol. The van der Waals surface area contributed by atoms with Gasteiger partial charge < -0.3 is 10.4 Å². The van der Waals surface area contributed by atoms with Crippen LogP contribution < -0.4 is 16.2 Å². The fraction of sp³-hybridized carbons (Fsp3) is 0.158. The quantitative estimate of drug-likeness (QED) is 0.270. The Balaban J connectivity index is 1.93. The van der Waals surface area contributed by atoms with E-state index in [2.05, 4.69) is 26.1 Å². The van der Waals surface area contributed by atoms with E-state index in [1.54, 1.807) is 31.2 Å². The van der Waals surface area contributed by atoms with Crippen molar-refractivity contribution in [1.29, 1.82) is 0 Å². The minimum Gasteiger partial charge on any atom is -0.394 e. The van der Waals surface area contributed by atoms with Gasteiger partial charge in [0.25, 0.3) is 0 Å². The summed E-state index contributed by atoms with van der Waals surface area (Å²) in [7, 11) is 0. The maximum absolute atomic E-state index is 13.8. The fourth-order valence-corrected chi connectivity index (χ4v) is 2.41. The molecule has 0 aliphatic rings. The molecule has 6 nitrogen and oxygen atoms in total. The minimum absolute atomic E-state index is 0.0648. The van der Waals surface area contributed by atoms with Crippen molar-refractivity contribution in [2.45, 2.75) is 13.0 Å². The summed E-state index contributed by atoms with van der Waals surface area (Å²) < 4.78 is 54.4. The number of nitrogens with zero attached hydrogens (tertiary/aromatic N) is 2. The van der Waals surface area contributed by atoms with Crippen LogP contribution in [0.3, 0.4) is 0 Å². The summed E-state index contributed by atoms with van der Waals surface area (Å²) >= 11 is 0. The molecule has 10 heteroatoms. The number of aromatic nitrogens is 2. The molecule has 3 aromatic rings. The lowest BCUT2D eigenvalue weighted by atomic mass is 10.1. The molecule has 0 saturated heterocycles. The number of hydrogen-bond acceptors (Lipinski definition) is 6. The Labute approximate surface area is 163 Å². The van der Waals surface area contributed by atoms with Crippen LogP contribution in [0.25, 0.3) is 11.3 Å². The summed E-state index contributed by atoms with van der Waals surface area (Å²) in [5.41, 5.74) is 4.69. The van der Waals surface area contributed by atoms with Crippen molar-refractivity contribution < 1.29 is 22.7 Å². The molecule has 0 radical (unpaired) electrons. The zero-order valence-corrected chi connectivity index (χ0v) is 15.2. The molecule has 2 aromatic carbocycles. The van der Waals surface area contributed by atoms with Crippen LogP contribution >= 0.6 is 0 Å². The Hall–Kier alpha value is -3.40. The third-order valence-electron chi connectivity index (χ3n) is 3.87. The summed E-state index contributed by atoms with van der Waals surface area (Å²) in [6.07, 6.45) is 0. The van der Waals surface area contributed by atoms with Gasteiger partial charge in [-0.15, -0.1) is 0 Å². The lowest BCUT2D eigenvalue weighted by Gasteiger charge is -2.15. The van der Waals surface area contributed by atoms with Crippen molar-refractivity contribution in [2.24, 2.45) is 0 Å². The van der Waals surface area contributed by atoms with Crippen LogP contribution in [0.2, 0.25) is 0 Å². The number of nitrogens with one attached hydrogen (secondary N) is 3. The van der Waals surface area contributed by atoms with Gasteiger partial charge in [-0.25, -0.2) is 22.5 Å². The molecule has 1 heterocycles. The van der Waals surface area contributed by atoms with Gasteiger partial charge in [-0.05, 0) is 6.92 Å². The normalized spacial score (nSPS) is 11.8. The third kappa shape index (κ3) is 4.72. The predicted octanol–water partition coefficient (Wildman–Crippen LogP) is 3.93. The highest BCUT2D eigenvalue weighted by Gasteiger charge is 2.19. The number of rotatable bonds is 7. The minimum atomic E-state index is -1.58. The molecule has 0 saturated carbocycles. The monoisotopic (exact) mass is 407 g/mol. The molecule has 152 valence electrons. The van der Waals surface area contributed by atoms with Gasteiger partial charge in [0, 0.05) is 23.7 Å². The zero-order chi connectivity index (χ0) is 21.0. The van der Waals surface area contributed by atoms with Gasteiger partial charge in [0.05, 0.1) is 12.3 Å². The first kappa shape index (κ1) is 20.3. The zero-order valence-electron chi connectivity index (χ0n) is 15.2. The van der Waals surface area contributed by atoms with Crippen molar-refractivity contribution >= 4 is 17.5 Å². The van der Waals surface area contributed by atoms with Crippen molar-refractivity contribution in [3.05, 3.63) is 65.7 Å². The largest absolute Gasteiger partial charge is 0.394 e. The summed E-state index contributed by atoms with van der Waals surface area (Å²) in [6, 6.07) is 10.2. The van der Waals surface area contributed by atoms with Crippen molar-refractivity contribution in [1.82, 2.24) is 9.97 Å². The molecule has 0 bridgehead atoms. The highest BCUT2D eigenvalue weighted by molar-refractivity contribution is 5.65. The molecule has 1 atom stereocenters. The van der Waals surface area contributed by atoms with Crippen LogP contribution in [0.5, 0.6) is 0 Å². The molecular weight excluding hydrogens is 390 g/mol. The number of halogens is 4. The first-order valence-corrected chi connectivity index (χ1v) is 8.56. The Bertz CT molecular complexity index is 977. The van der Waals surface area contributed by atoms with Crippen molar-refractivity contribution in [3.8, 4) is 11.3 Å². The van der Waals surface area contributed by atoms with Gasteiger partial charge in [-0.2, -0.15) is 4.98 Å². The highest BCUT2D eigenvalue weighted by atomic mass is 19.2. The standard InChI is InChI=1S/C19H17F4N5O/c1-10(9-29)24-19-25-14(11-5-3-2-4-6-11)8-15(26-19)27-28-18-16(22)12(20)7-13(21)17(18)23/h2-8,10,28-29H,9H2,1H3,(H2,24,25,26,27)/t10-/m0/s1. The van der Waals surface area contributed by atoms with Crippen LogP contribution in [0.15, 0.2) is 42.5 Å². The number of anilines is 3. The van der Waals surface area contributed by atoms with Gasteiger partial charge in [0.15, 0.2) is 29.1 Å². The second kappa shape index (κ2) is 8.74. The van der Waals surface area contributed by atoms with Crippen molar-refractivity contribution in [2.75, 3.05) is 22.8 Å². The average Bonchev–Trinajstić information content (AvgIpc) is 2.72. The molecular formula is C19H17F4N5O. The Morgan fingerprint density at radius 1 is 0.931 bits per heavy atom. The number of aliphatic hydroxyl groups excluding tert-OH is 1. The number of benzene rings is 2. The lowest BCUT2D eigenvalue weighted by molar-refractivity contribution is 0.281. The number of aliphatic hydroxyl groups is 1. The molecule has 0 amide bonds. The van der Waals surface area contributed by atoms with Gasteiger partial charge in [-0.1, -0.05) is 30.3 Å². The van der Waals surface area contributed by atoms with Crippen LogP contribution in [0.4, 0.5) is 35.0 Å². The second-order valence-corrected chi connectivity index (χ2v) is 6.15. The molecule has 0 fully saturated rings. The van der Waals surface area contributed by atoms with E-state index < -0.39 is 29.0 Å². The van der Waals surface area contributed by atoms with Gasteiger partial charge in [0.2, 0.25) is 5.95 Å². The molecule has 0 spiro atoms. The van der Waals surface area contributed by atoms with Gasteiger partial charge >= 0.3 is 0 Å². The fourth-order valence-electron chi connectivity index (χ4n) is 2.41. The molecule has 3 rings (SSSR count). The van der Waals surface area contributed by atoms with Crippen LogP contribution in [0.1, 0.15) is 6.92 Å². The van der Waals surface area contributed by atoms with E-state index in [0.717, 1.165) is 5.56 Å². The smallest absolute Gasteiger partial charge is 0.225 e. The first-order chi connectivity index (χ1) is 13.9. The summed E-state index contributed by atoms with van der Waals surface area (Å²) in [5.74, 6) is -6.06. The Morgan fingerprint density at radius 3 is 2.21 bits per heavy atom. The van der Waals surface area contributed by atoms with Gasteiger partial charge in [-0.3, -0.25) is 10.9 Å². The molecule has 1 aromatic heterocycles. The maximum atomic E-state index is 13.8. The lowest BCUT2D eigenvalue weighted by Crippen LogP contribution is -2.22. The highest BCUT2D eigenvalue weighted by Crippen LogP contribution is 2.25. The number of hydrogen-bond donors (Lipinski definition) is 4. The van der Waals surface area contributed by atoms with E-state index in [1.807, 2.05) is 6.07 Å². The van der Waals surface area contributed by atoms with E-state index in [9.17, 15) is 22.7 Å². The first-order valence-electron chi connectivity index (χ1n) is 8.56. The van der Waals surface area contributed by atoms with Crippen molar-refractivity contribution in [3.63, 3.8) is 0 Å². The number of hydrazine groups is 1. The predicted molar refractivity (Wildman–Crippen MR) is 101 cm³/mol. The maximum Gasteiger partial charge on any atom is 0.225 e. The van der Waals surface area contributed by atoms with Gasteiger partial charge in [0.1, 0.15) is 5.69 Å². The second-order valence-electron chi connectivity index (χ2n) is 6.15. The summed E-state index contributed by atoms with van der Waals surface area (Å²) in [6.45, 7) is 1.52. The Morgan fingerprint density at radius 2 is 1.59 bits per heavy atom. The summed E-state index contributed by atoms with van der Waals surface area (Å²) in [4.78, 5) is 8.47. The molecule has 0 unspecified atom stereocenters. The molecule has 29 heavy (non-hydrogen) atoms. The third-order valence-corrected chi connectivity index (χ3v) is 3.87. The summed E-state index contributed by atoms with van der Waals surface area (Å²) in [5, 5.41) is 12.1. The van der Waals surface area contributed by atoms with E-state index in [1.165, 1.54) is 6.07 Å². The van der Waals surface area contributed by atoms with Crippen LogP contribution in [-0.4, -0.2) is 27.7 Å². The van der Waals surface area contributed by atoms with Crippen LogP contribution in [-0.2, 0) is 0 Å². The van der Waals surface area contributed by atoms with E-state index in [0.29, 0.717) is 5.69 Å². The van der Waals surface area contributed by atoms with E-state index in [-0.39, 0.29) is 30.5 Å².